The molecule has 5 heteroatoms. The van der Waals surface area contributed by atoms with Crippen LogP contribution in [0.5, 0.6) is 0 Å². The molecule has 0 fully saturated rings. The summed E-state index contributed by atoms with van der Waals surface area (Å²) in [5.74, 6) is 0.201. The largest absolute Gasteiger partial charge is 0.358 e. The highest BCUT2D eigenvalue weighted by Crippen LogP contribution is 2.38. The highest BCUT2D eigenvalue weighted by atomic mass is 32.2. The minimum absolute atomic E-state index is 0.201. The van der Waals surface area contributed by atoms with Gasteiger partial charge < -0.3 is 4.98 Å². The summed E-state index contributed by atoms with van der Waals surface area (Å²) in [4.78, 5) is 3.76. The number of aryl methyl sites for hydroxylation is 2. The van der Waals surface area contributed by atoms with E-state index in [0.29, 0.717) is 11.4 Å². The number of nitrogens with one attached hydrogen (secondary N) is 2. The second-order valence-corrected chi connectivity index (χ2v) is 8.17. The Bertz CT molecular complexity index is 991. The Morgan fingerprint density at radius 3 is 2.71 bits per heavy atom. The van der Waals surface area contributed by atoms with E-state index in [-0.39, 0.29) is 5.92 Å². The van der Waals surface area contributed by atoms with E-state index in [1.165, 1.54) is 16.5 Å². The molecule has 2 N–H and O–H groups in total. The summed E-state index contributed by atoms with van der Waals surface area (Å²) in [5, 5.41) is 1.28. The molecule has 0 saturated heterocycles. The molecule has 1 unspecified atom stereocenters. The number of aromatic amines is 1. The van der Waals surface area contributed by atoms with E-state index < -0.39 is 10.0 Å². The zero-order valence-corrected chi connectivity index (χ0v) is 14.4. The van der Waals surface area contributed by atoms with E-state index in [9.17, 15) is 8.42 Å². The van der Waals surface area contributed by atoms with Gasteiger partial charge in [0.25, 0.3) is 0 Å². The molecule has 0 saturated carbocycles. The maximum atomic E-state index is 12.5. The van der Waals surface area contributed by atoms with Crippen molar-refractivity contribution in [2.24, 2.45) is 0 Å². The average molecular weight is 340 g/mol. The van der Waals surface area contributed by atoms with Crippen LogP contribution in [-0.2, 0) is 16.4 Å². The van der Waals surface area contributed by atoms with E-state index in [4.69, 9.17) is 0 Å². The van der Waals surface area contributed by atoms with Gasteiger partial charge in [-0.15, -0.1) is 0 Å². The molecule has 1 atom stereocenters. The molecule has 1 aliphatic carbocycles. The van der Waals surface area contributed by atoms with Gasteiger partial charge in [-0.2, -0.15) is 0 Å². The van der Waals surface area contributed by atoms with Gasteiger partial charge in [-0.3, -0.25) is 0 Å². The van der Waals surface area contributed by atoms with Gasteiger partial charge in [0.2, 0.25) is 10.0 Å². The molecule has 1 heterocycles. The molecule has 124 valence electrons. The highest BCUT2D eigenvalue weighted by Gasteiger charge is 2.26. The fourth-order valence-electron chi connectivity index (χ4n) is 3.77. The van der Waals surface area contributed by atoms with Gasteiger partial charge in [0, 0.05) is 29.1 Å². The monoisotopic (exact) mass is 340 g/mol. The number of aromatic nitrogens is 1. The van der Waals surface area contributed by atoms with Gasteiger partial charge in [-0.1, -0.05) is 30.3 Å². The number of hydrogen-bond acceptors (Lipinski definition) is 2. The zero-order valence-electron chi connectivity index (χ0n) is 13.5. The van der Waals surface area contributed by atoms with Crippen LogP contribution < -0.4 is 4.72 Å². The van der Waals surface area contributed by atoms with Crippen molar-refractivity contribution < 1.29 is 8.42 Å². The first-order valence-corrected chi connectivity index (χ1v) is 9.69. The van der Waals surface area contributed by atoms with Gasteiger partial charge in [-0.25, -0.2) is 13.1 Å². The van der Waals surface area contributed by atoms with Crippen molar-refractivity contribution in [1.29, 1.82) is 0 Å². The van der Waals surface area contributed by atoms with Gasteiger partial charge in [0.05, 0.1) is 4.90 Å². The van der Waals surface area contributed by atoms with Crippen molar-refractivity contribution in [3.8, 4) is 0 Å². The molecule has 24 heavy (non-hydrogen) atoms. The Morgan fingerprint density at radius 1 is 1.12 bits per heavy atom. The number of sulfonamides is 1. The topological polar surface area (TPSA) is 62.0 Å². The highest BCUT2D eigenvalue weighted by molar-refractivity contribution is 7.89. The summed E-state index contributed by atoms with van der Waals surface area (Å²) in [6.45, 7) is 2.50. The smallest absolute Gasteiger partial charge is 0.240 e. The van der Waals surface area contributed by atoms with Crippen molar-refractivity contribution in [2.75, 3.05) is 6.54 Å². The number of benzene rings is 2. The van der Waals surface area contributed by atoms with Gasteiger partial charge in [0.1, 0.15) is 0 Å². The summed E-state index contributed by atoms with van der Waals surface area (Å²) < 4.78 is 27.7. The Labute approximate surface area is 142 Å². The van der Waals surface area contributed by atoms with Crippen LogP contribution in [0.1, 0.15) is 29.2 Å². The van der Waals surface area contributed by atoms with Gasteiger partial charge in [0.15, 0.2) is 0 Å². The molecule has 0 spiro atoms. The number of H-pyrrole nitrogens is 1. The molecule has 4 rings (SSSR count). The fourth-order valence-corrected chi connectivity index (χ4v) is 4.87. The second kappa shape index (κ2) is 5.76. The van der Waals surface area contributed by atoms with Crippen LogP contribution in [0.25, 0.3) is 10.9 Å². The summed E-state index contributed by atoms with van der Waals surface area (Å²) >= 11 is 0. The third kappa shape index (κ3) is 2.54. The lowest BCUT2D eigenvalue weighted by Gasteiger charge is -2.24. The first kappa shape index (κ1) is 15.4. The molecular formula is C19H20N2O2S. The van der Waals surface area contributed by atoms with Crippen LogP contribution >= 0.6 is 0 Å². The van der Waals surface area contributed by atoms with E-state index in [2.05, 4.69) is 34.8 Å². The van der Waals surface area contributed by atoms with Crippen LogP contribution in [0.4, 0.5) is 0 Å². The Morgan fingerprint density at radius 2 is 1.92 bits per heavy atom. The predicted octanol–water partition coefficient (Wildman–Crippen LogP) is 3.48. The molecule has 1 aliphatic rings. The van der Waals surface area contributed by atoms with Crippen LogP contribution in [-0.4, -0.2) is 19.9 Å². The molecule has 0 bridgehead atoms. The predicted molar refractivity (Wildman–Crippen MR) is 95.7 cm³/mol. The van der Waals surface area contributed by atoms with E-state index in [0.717, 1.165) is 24.1 Å². The lowest BCUT2D eigenvalue weighted by Crippen LogP contribution is -2.29. The van der Waals surface area contributed by atoms with Crippen molar-refractivity contribution in [3.63, 3.8) is 0 Å². The molecule has 4 nitrogen and oxygen atoms in total. The summed E-state index contributed by atoms with van der Waals surface area (Å²) in [5.41, 5.74) is 4.91. The summed E-state index contributed by atoms with van der Waals surface area (Å²) in [6.07, 6.45) is 1.95. The molecular weight excluding hydrogens is 320 g/mol. The van der Waals surface area contributed by atoms with Crippen molar-refractivity contribution in [3.05, 3.63) is 65.4 Å². The molecule has 2 aromatic carbocycles. The van der Waals surface area contributed by atoms with Crippen molar-refractivity contribution >= 4 is 20.9 Å². The third-order valence-electron chi connectivity index (χ3n) is 4.89. The maximum Gasteiger partial charge on any atom is 0.240 e. The normalized spacial score (nSPS) is 17.3. The molecule has 0 aliphatic heterocycles. The second-order valence-electron chi connectivity index (χ2n) is 6.40. The van der Waals surface area contributed by atoms with Gasteiger partial charge in [-0.05, 0) is 49.1 Å². The fraction of sp³-hybridized carbons (Fsp3) is 0.263. The van der Waals surface area contributed by atoms with Crippen LogP contribution in [0.15, 0.2) is 53.4 Å². The Kier molecular flexibility index (Phi) is 3.70. The first-order valence-electron chi connectivity index (χ1n) is 8.21. The summed E-state index contributed by atoms with van der Waals surface area (Å²) in [6, 6.07) is 14.9. The lowest BCUT2D eigenvalue weighted by molar-refractivity contribution is 0.556. The van der Waals surface area contributed by atoms with Crippen LogP contribution in [0, 0.1) is 6.92 Å². The van der Waals surface area contributed by atoms with Gasteiger partial charge >= 0.3 is 0 Å². The molecule has 3 aromatic rings. The van der Waals surface area contributed by atoms with Crippen LogP contribution in [0.3, 0.4) is 0 Å². The minimum atomic E-state index is -3.46. The SMILES string of the molecule is Cc1[nH]c2cccc3c2c1C(CNS(=O)(=O)c1ccccc1)CC3. The molecule has 1 aromatic heterocycles. The summed E-state index contributed by atoms with van der Waals surface area (Å²) in [7, 11) is -3.46. The Balaban J connectivity index is 1.63. The molecule has 0 amide bonds. The number of hydrogen-bond donors (Lipinski definition) is 2. The van der Waals surface area contributed by atoms with Crippen molar-refractivity contribution in [2.45, 2.75) is 30.6 Å². The van der Waals surface area contributed by atoms with E-state index in [1.807, 2.05) is 6.07 Å². The number of rotatable bonds is 4. The zero-order chi connectivity index (χ0) is 16.7. The van der Waals surface area contributed by atoms with Crippen LogP contribution in [0.2, 0.25) is 0 Å². The molecule has 0 radical (unpaired) electrons. The minimum Gasteiger partial charge on any atom is -0.358 e. The maximum absolute atomic E-state index is 12.5. The average Bonchev–Trinajstić information content (AvgIpc) is 2.94. The first-order chi connectivity index (χ1) is 11.6. The van der Waals surface area contributed by atoms with E-state index in [1.54, 1.807) is 24.3 Å². The third-order valence-corrected chi connectivity index (χ3v) is 6.33. The lowest BCUT2D eigenvalue weighted by atomic mass is 9.83. The Hall–Kier alpha value is -2.11. The van der Waals surface area contributed by atoms with E-state index >= 15 is 0 Å². The standard InChI is InChI=1S/C19H20N2O2S/c1-13-18-15(11-10-14-6-5-9-17(21-13)19(14)18)12-20-24(22,23)16-7-3-2-4-8-16/h2-9,15,20-21H,10-12H2,1H3. The van der Waals surface area contributed by atoms with Crippen molar-refractivity contribution in [1.82, 2.24) is 9.71 Å². The quantitative estimate of drug-likeness (QED) is 0.764.